The van der Waals surface area contributed by atoms with Gasteiger partial charge in [0.2, 0.25) is 0 Å². The van der Waals surface area contributed by atoms with E-state index in [0.717, 1.165) is 18.4 Å². The van der Waals surface area contributed by atoms with E-state index in [4.69, 9.17) is 22.7 Å². The zero-order chi connectivity index (χ0) is 20.1. The molecule has 0 bridgehead atoms. The second kappa shape index (κ2) is 9.03. The van der Waals surface area contributed by atoms with Crippen molar-refractivity contribution < 1.29 is 4.74 Å². The first-order valence-corrected chi connectivity index (χ1v) is 9.75. The van der Waals surface area contributed by atoms with Crippen LogP contribution in [0, 0.1) is 0 Å². The highest BCUT2D eigenvalue weighted by molar-refractivity contribution is 7.80. The summed E-state index contributed by atoms with van der Waals surface area (Å²) in [5.74, 6) is 0.0795. The van der Waals surface area contributed by atoms with Crippen LogP contribution in [0.15, 0.2) is 39.9 Å². The Morgan fingerprint density at radius 3 is 2.79 bits per heavy atom. The lowest BCUT2D eigenvalue weighted by Gasteiger charge is -2.28. The number of nitrogen functional groups attached to an aromatic ring is 1. The molecule has 4 N–H and O–H groups in total. The van der Waals surface area contributed by atoms with Gasteiger partial charge in [-0.3, -0.25) is 14.3 Å². The largest absolute Gasteiger partial charge is 0.383 e. The molecule has 1 atom stereocenters. The van der Waals surface area contributed by atoms with Crippen LogP contribution in [0.4, 0.5) is 11.5 Å². The highest BCUT2D eigenvalue weighted by Crippen LogP contribution is 2.21. The molecule has 150 valence electrons. The molecule has 0 radical (unpaired) electrons. The third-order valence-electron chi connectivity index (χ3n) is 4.65. The standard InChI is InChI=1S/C19H25N5O3S/c1-2-21-19(28)23(12-14-9-6-10-27-14)15-16(20)24(18(26)22-17(15)25)11-13-7-4-3-5-8-13/h3-5,7-8,14H,2,6,9-12,20H2,1H3,(H,21,28)(H,22,25,26)/t14-/m0/s1. The highest BCUT2D eigenvalue weighted by Gasteiger charge is 2.26. The van der Waals surface area contributed by atoms with Crippen molar-refractivity contribution in [2.75, 3.05) is 30.3 Å². The summed E-state index contributed by atoms with van der Waals surface area (Å²) in [7, 11) is 0. The number of H-pyrrole nitrogens is 1. The van der Waals surface area contributed by atoms with Gasteiger partial charge in [-0.25, -0.2) is 4.79 Å². The van der Waals surface area contributed by atoms with E-state index in [1.165, 1.54) is 4.57 Å². The molecule has 1 fully saturated rings. The molecule has 0 saturated carbocycles. The van der Waals surface area contributed by atoms with Crippen molar-refractivity contribution in [2.24, 2.45) is 0 Å². The van der Waals surface area contributed by atoms with Crippen LogP contribution in [0.5, 0.6) is 0 Å². The van der Waals surface area contributed by atoms with Crippen molar-refractivity contribution >= 4 is 28.8 Å². The Bertz CT molecular complexity index is 935. The summed E-state index contributed by atoms with van der Waals surface area (Å²) in [6.07, 6.45) is 1.79. The predicted octanol–water partition coefficient (Wildman–Crippen LogP) is 1.05. The highest BCUT2D eigenvalue weighted by atomic mass is 32.1. The first-order valence-electron chi connectivity index (χ1n) is 9.34. The molecular weight excluding hydrogens is 378 g/mol. The Morgan fingerprint density at radius 2 is 2.14 bits per heavy atom. The number of aromatic amines is 1. The van der Waals surface area contributed by atoms with Gasteiger partial charge in [-0.1, -0.05) is 30.3 Å². The Balaban J connectivity index is 2.03. The van der Waals surface area contributed by atoms with Crippen LogP contribution in [0.3, 0.4) is 0 Å². The molecule has 0 unspecified atom stereocenters. The number of anilines is 2. The number of hydrogen-bond donors (Lipinski definition) is 3. The second-order valence-corrected chi connectivity index (χ2v) is 7.03. The van der Waals surface area contributed by atoms with Gasteiger partial charge in [0.15, 0.2) is 10.8 Å². The van der Waals surface area contributed by atoms with Crippen LogP contribution in [-0.2, 0) is 11.3 Å². The van der Waals surface area contributed by atoms with E-state index >= 15 is 0 Å². The number of nitrogens with two attached hydrogens (primary N) is 1. The summed E-state index contributed by atoms with van der Waals surface area (Å²) in [6.45, 7) is 3.84. The van der Waals surface area contributed by atoms with Crippen LogP contribution in [-0.4, -0.2) is 40.5 Å². The fourth-order valence-corrected chi connectivity index (χ4v) is 3.59. The summed E-state index contributed by atoms with van der Waals surface area (Å²) < 4.78 is 7.06. The zero-order valence-electron chi connectivity index (χ0n) is 15.8. The van der Waals surface area contributed by atoms with Crippen LogP contribution in [0.2, 0.25) is 0 Å². The molecule has 0 amide bonds. The average molecular weight is 404 g/mol. The maximum absolute atomic E-state index is 12.7. The van der Waals surface area contributed by atoms with Gasteiger partial charge < -0.3 is 20.7 Å². The summed E-state index contributed by atoms with van der Waals surface area (Å²) in [4.78, 5) is 29.1. The van der Waals surface area contributed by atoms with E-state index in [0.29, 0.717) is 24.8 Å². The molecule has 9 heteroatoms. The SMILES string of the molecule is CCNC(=S)N(C[C@@H]1CCCO1)c1c(N)n(Cc2ccccc2)c(=O)[nH]c1=O. The van der Waals surface area contributed by atoms with E-state index in [2.05, 4.69) is 10.3 Å². The fraction of sp³-hybridized carbons (Fsp3) is 0.421. The van der Waals surface area contributed by atoms with Crippen LogP contribution >= 0.6 is 12.2 Å². The zero-order valence-corrected chi connectivity index (χ0v) is 16.6. The van der Waals surface area contributed by atoms with E-state index in [1.807, 2.05) is 37.3 Å². The molecule has 2 heterocycles. The number of thiocarbonyl (C=S) groups is 1. The maximum Gasteiger partial charge on any atom is 0.330 e. The first kappa shape index (κ1) is 20.1. The molecule has 8 nitrogen and oxygen atoms in total. The summed E-state index contributed by atoms with van der Waals surface area (Å²) >= 11 is 5.48. The summed E-state index contributed by atoms with van der Waals surface area (Å²) in [5.41, 5.74) is 6.26. The third kappa shape index (κ3) is 4.42. The molecule has 0 aliphatic carbocycles. The van der Waals surface area contributed by atoms with Gasteiger partial charge in [-0.05, 0) is 37.5 Å². The van der Waals surface area contributed by atoms with Gasteiger partial charge in [0, 0.05) is 13.2 Å². The molecule has 28 heavy (non-hydrogen) atoms. The molecule has 2 aromatic rings. The predicted molar refractivity (Wildman–Crippen MR) is 114 cm³/mol. The normalized spacial score (nSPS) is 16.1. The Kier molecular flexibility index (Phi) is 6.48. The fourth-order valence-electron chi connectivity index (χ4n) is 3.28. The van der Waals surface area contributed by atoms with Gasteiger partial charge >= 0.3 is 5.69 Å². The first-order chi connectivity index (χ1) is 13.5. The van der Waals surface area contributed by atoms with Crippen molar-refractivity contribution in [3.05, 3.63) is 56.7 Å². The molecule has 1 aliphatic heterocycles. The number of aromatic nitrogens is 2. The monoisotopic (exact) mass is 403 g/mol. The van der Waals surface area contributed by atoms with Gasteiger partial charge in [-0.2, -0.15) is 0 Å². The van der Waals surface area contributed by atoms with Gasteiger partial charge in [0.25, 0.3) is 5.56 Å². The van der Waals surface area contributed by atoms with E-state index in [1.54, 1.807) is 4.90 Å². The van der Waals surface area contributed by atoms with Gasteiger partial charge in [0.05, 0.1) is 19.2 Å². The molecule has 1 saturated heterocycles. The smallest absolute Gasteiger partial charge is 0.330 e. The van der Waals surface area contributed by atoms with Gasteiger partial charge in [0.1, 0.15) is 5.82 Å². The lowest BCUT2D eigenvalue weighted by Crippen LogP contribution is -2.48. The minimum atomic E-state index is -0.565. The summed E-state index contributed by atoms with van der Waals surface area (Å²) in [6, 6.07) is 9.45. The molecule has 3 rings (SSSR count). The van der Waals surface area contributed by atoms with Crippen LogP contribution in [0.1, 0.15) is 25.3 Å². The number of benzene rings is 1. The van der Waals surface area contributed by atoms with E-state index < -0.39 is 11.2 Å². The molecule has 1 aliphatic rings. The van der Waals surface area contributed by atoms with Crippen molar-refractivity contribution in [3.8, 4) is 0 Å². The molecule has 1 aromatic heterocycles. The van der Waals surface area contributed by atoms with Crippen molar-refractivity contribution in [3.63, 3.8) is 0 Å². The number of hydrogen-bond acceptors (Lipinski definition) is 5. The molecule has 1 aromatic carbocycles. The van der Waals surface area contributed by atoms with E-state index in [-0.39, 0.29) is 24.2 Å². The quantitative estimate of drug-likeness (QED) is 0.619. The topological polar surface area (TPSA) is 105 Å². The second-order valence-electron chi connectivity index (χ2n) is 6.65. The Morgan fingerprint density at radius 1 is 1.39 bits per heavy atom. The third-order valence-corrected chi connectivity index (χ3v) is 5.02. The molecule has 0 spiro atoms. The number of nitrogens with zero attached hydrogens (tertiary/aromatic N) is 2. The minimum absolute atomic E-state index is 0.0510. The number of ether oxygens (including phenoxy) is 1. The average Bonchev–Trinajstić information content (AvgIpc) is 3.18. The number of rotatable bonds is 6. The van der Waals surface area contributed by atoms with Crippen LogP contribution < -0.4 is 27.2 Å². The van der Waals surface area contributed by atoms with Gasteiger partial charge in [-0.15, -0.1) is 0 Å². The number of nitrogens with one attached hydrogen (secondary N) is 2. The van der Waals surface area contributed by atoms with Crippen molar-refractivity contribution in [2.45, 2.75) is 32.4 Å². The van der Waals surface area contributed by atoms with Crippen molar-refractivity contribution in [1.82, 2.24) is 14.9 Å². The summed E-state index contributed by atoms with van der Waals surface area (Å²) in [5, 5.41) is 3.44. The van der Waals surface area contributed by atoms with Crippen molar-refractivity contribution in [1.29, 1.82) is 0 Å². The van der Waals surface area contributed by atoms with E-state index in [9.17, 15) is 9.59 Å². The Labute approximate surface area is 168 Å². The van der Waals surface area contributed by atoms with Crippen LogP contribution in [0.25, 0.3) is 0 Å². The lowest BCUT2D eigenvalue weighted by molar-refractivity contribution is 0.117. The minimum Gasteiger partial charge on any atom is -0.383 e. The Hall–Kier alpha value is -2.65. The molecular formula is C19H25N5O3S. The maximum atomic E-state index is 12.7. The lowest BCUT2D eigenvalue weighted by atomic mass is 10.2.